The summed E-state index contributed by atoms with van der Waals surface area (Å²) in [6.07, 6.45) is 0.664. The standard InChI is InChI=1S/C19H28N2O5/c1-3-12-21(13-4-2)18(24)16(10-11-17(22)23)20-19(25)26-14-15-8-6-5-7-9-15/h5-9,16H,3-4,10-14H2,1-2H3,(H,20,25)(H,22,23)/t16-/m0/s1. The van der Waals surface area contributed by atoms with Gasteiger partial charge >= 0.3 is 12.1 Å². The number of hydrogen-bond acceptors (Lipinski definition) is 4. The molecule has 0 bridgehead atoms. The van der Waals surface area contributed by atoms with E-state index in [1.807, 2.05) is 44.2 Å². The molecule has 0 heterocycles. The van der Waals surface area contributed by atoms with Gasteiger partial charge in [-0.1, -0.05) is 44.2 Å². The van der Waals surface area contributed by atoms with E-state index in [1.165, 1.54) is 0 Å². The molecule has 2 N–H and O–H groups in total. The number of amides is 2. The largest absolute Gasteiger partial charge is 0.481 e. The van der Waals surface area contributed by atoms with Gasteiger partial charge in [0, 0.05) is 19.5 Å². The Labute approximate surface area is 154 Å². The fourth-order valence-electron chi connectivity index (χ4n) is 2.52. The number of hydrogen-bond donors (Lipinski definition) is 2. The van der Waals surface area contributed by atoms with Crippen LogP contribution in [0, 0.1) is 0 Å². The zero-order valence-corrected chi connectivity index (χ0v) is 15.4. The molecule has 1 aromatic rings. The van der Waals surface area contributed by atoms with Crippen molar-refractivity contribution in [3.05, 3.63) is 35.9 Å². The van der Waals surface area contributed by atoms with Crippen LogP contribution >= 0.6 is 0 Å². The smallest absolute Gasteiger partial charge is 0.408 e. The first-order valence-corrected chi connectivity index (χ1v) is 8.95. The molecule has 0 saturated heterocycles. The van der Waals surface area contributed by atoms with Gasteiger partial charge in [0.25, 0.3) is 0 Å². The van der Waals surface area contributed by atoms with E-state index in [-0.39, 0.29) is 25.4 Å². The SMILES string of the molecule is CCCN(CCC)C(=O)[C@H](CCC(=O)O)NC(=O)OCc1ccccc1. The zero-order valence-electron chi connectivity index (χ0n) is 15.4. The van der Waals surface area contributed by atoms with Crippen LogP contribution in [0.4, 0.5) is 4.79 Å². The Morgan fingerprint density at radius 1 is 1.12 bits per heavy atom. The second-order valence-electron chi connectivity index (χ2n) is 6.02. The van der Waals surface area contributed by atoms with Gasteiger partial charge in [-0.3, -0.25) is 9.59 Å². The Morgan fingerprint density at radius 2 is 1.73 bits per heavy atom. The third-order valence-electron chi connectivity index (χ3n) is 3.75. The fraction of sp³-hybridized carbons (Fsp3) is 0.526. The third kappa shape index (κ3) is 8.00. The van der Waals surface area contributed by atoms with Gasteiger partial charge < -0.3 is 20.1 Å². The lowest BCUT2D eigenvalue weighted by atomic mass is 10.1. The maximum Gasteiger partial charge on any atom is 0.408 e. The molecule has 1 atom stereocenters. The highest BCUT2D eigenvalue weighted by atomic mass is 16.5. The molecule has 26 heavy (non-hydrogen) atoms. The minimum atomic E-state index is -1.01. The van der Waals surface area contributed by atoms with Gasteiger partial charge in [-0.05, 0) is 24.8 Å². The molecule has 0 radical (unpaired) electrons. The monoisotopic (exact) mass is 364 g/mol. The molecule has 1 aromatic carbocycles. The minimum absolute atomic E-state index is 0.0263. The molecule has 144 valence electrons. The first-order valence-electron chi connectivity index (χ1n) is 8.95. The van der Waals surface area contributed by atoms with Crippen molar-refractivity contribution in [1.29, 1.82) is 0 Å². The average molecular weight is 364 g/mol. The van der Waals surface area contributed by atoms with Gasteiger partial charge in [0.15, 0.2) is 0 Å². The first kappa shape index (κ1) is 21.5. The van der Waals surface area contributed by atoms with E-state index >= 15 is 0 Å². The van der Waals surface area contributed by atoms with Crippen molar-refractivity contribution < 1.29 is 24.2 Å². The predicted molar refractivity (Wildman–Crippen MR) is 97.6 cm³/mol. The predicted octanol–water partition coefficient (Wildman–Crippen LogP) is 2.79. The van der Waals surface area contributed by atoms with E-state index in [0.717, 1.165) is 18.4 Å². The number of benzene rings is 1. The van der Waals surface area contributed by atoms with Crippen LogP contribution in [0.2, 0.25) is 0 Å². The summed E-state index contributed by atoms with van der Waals surface area (Å²) in [7, 11) is 0. The van der Waals surface area contributed by atoms with Crippen molar-refractivity contribution in [2.75, 3.05) is 13.1 Å². The summed E-state index contributed by atoms with van der Waals surface area (Å²) in [6, 6.07) is 8.27. The van der Waals surface area contributed by atoms with Crippen LogP contribution in [-0.4, -0.2) is 47.1 Å². The van der Waals surface area contributed by atoms with E-state index in [2.05, 4.69) is 5.32 Å². The summed E-state index contributed by atoms with van der Waals surface area (Å²) in [4.78, 5) is 37.3. The lowest BCUT2D eigenvalue weighted by Crippen LogP contribution is -2.49. The molecule has 0 saturated carbocycles. The fourth-order valence-corrected chi connectivity index (χ4v) is 2.52. The summed E-state index contributed by atoms with van der Waals surface area (Å²) in [5.74, 6) is -1.29. The van der Waals surface area contributed by atoms with E-state index in [4.69, 9.17) is 9.84 Å². The van der Waals surface area contributed by atoms with Crippen molar-refractivity contribution in [2.24, 2.45) is 0 Å². The molecule has 1 rings (SSSR count). The Kier molecular flexibility index (Phi) is 9.82. The number of aliphatic carboxylic acids is 1. The van der Waals surface area contributed by atoms with Crippen molar-refractivity contribution >= 4 is 18.0 Å². The molecule has 0 spiro atoms. The summed E-state index contributed by atoms with van der Waals surface area (Å²) in [5.41, 5.74) is 0.828. The lowest BCUT2D eigenvalue weighted by molar-refractivity contribution is -0.138. The second-order valence-corrected chi connectivity index (χ2v) is 6.02. The number of carbonyl (C=O) groups excluding carboxylic acids is 2. The van der Waals surface area contributed by atoms with E-state index in [1.54, 1.807) is 4.90 Å². The average Bonchev–Trinajstić information content (AvgIpc) is 2.63. The molecule has 0 aliphatic heterocycles. The van der Waals surface area contributed by atoms with Crippen LogP contribution in [-0.2, 0) is 20.9 Å². The van der Waals surface area contributed by atoms with Gasteiger partial charge in [-0.2, -0.15) is 0 Å². The molecule has 0 aromatic heterocycles. The van der Waals surface area contributed by atoms with Gasteiger partial charge in [0.1, 0.15) is 12.6 Å². The third-order valence-corrected chi connectivity index (χ3v) is 3.75. The quantitative estimate of drug-likeness (QED) is 0.629. The van der Waals surface area contributed by atoms with Crippen LogP contribution in [0.3, 0.4) is 0 Å². The number of nitrogens with zero attached hydrogens (tertiary/aromatic N) is 1. The summed E-state index contributed by atoms with van der Waals surface area (Å²) >= 11 is 0. The molecule has 0 aliphatic carbocycles. The molecule has 0 fully saturated rings. The molecule has 0 unspecified atom stereocenters. The topological polar surface area (TPSA) is 95.9 Å². The Bertz CT molecular complexity index is 571. The molecule has 2 amide bonds. The number of alkyl carbamates (subject to hydrolysis) is 1. The van der Waals surface area contributed by atoms with Crippen molar-refractivity contribution in [1.82, 2.24) is 10.2 Å². The number of carbonyl (C=O) groups is 3. The first-order chi connectivity index (χ1) is 12.5. The normalized spacial score (nSPS) is 11.5. The number of carboxylic acid groups (broad SMARTS) is 1. The van der Waals surface area contributed by atoms with Crippen LogP contribution in [0.1, 0.15) is 45.1 Å². The van der Waals surface area contributed by atoms with Gasteiger partial charge in [-0.25, -0.2) is 4.79 Å². The highest BCUT2D eigenvalue weighted by Crippen LogP contribution is 2.07. The maximum absolute atomic E-state index is 12.7. The molecule has 7 nitrogen and oxygen atoms in total. The maximum atomic E-state index is 12.7. The van der Waals surface area contributed by atoms with E-state index < -0.39 is 18.1 Å². The molecular formula is C19H28N2O5. The van der Waals surface area contributed by atoms with E-state index in [0.29, 0.717) is 13.1 Å². The summed E-state index contributed by atoms with van der Waals surface area (Å²) in [6.45, 7) is 5.14. The highest BCUT2D eigenvalue weighted by molar-refractivity contribution is 5.86. The van der Waals surface area contributed by atoms with Crippen LogP contribution in [0.5, 0.6) is 0 Å². The molecule has 0 aliphatic rings. The minimum Gasteiger partial charge on any atom is -0.481 e. The van der Waals surface area contributed by atoms with Gasteiger partial charge in [0.05, 0.1) is 0 Å². The van der Waals surface area contributed by atoms with Crippen LogP contribution in [0.15, 0.2) is 30.3 Å². The Morgan fingerprint density at radius 3 is 2.27 bits per heavy atom. The Balaban J connectivity index is 2.69. The zero-order chi connectivity index (χ0) is 19.4. The van der Waals surface area contributed by atoms with Crippen molar-refractivity contribution in [3.8, 4) is 0 Å². The Hall–Kier alpha value is -2.57. The molecule has 7 heteroatoms. The van der Waals surface area contributed by atoms with Crippen LogP contribution in [0.25, 0.3) is 0 Å². The number of ether oxygens (including phenoxy) is 1. The second kappa shape index (κ2) is 11.9. The van der Waals surface area contributed by atoms with Crippen molar-refractivity contribution in [3.63, 3.8) is 0 Å². The number of rotatable bonds is 11. The lowest BCUT2D eigenvalue weighted by Gasteiger charge is -2.27. The van der Waals surface area contributed by atoms with Gasteiger partial charge in [0.2, 0.25) is 5.91 Å². The van der Waals surface area contributed by atoms with Crippen LogP contribution < -0.4 is 5.32 Å². The van der Waals surface area contributed by atoms with E-state index in [9.17, 15) is 14.4 Å². The van der Waals surface area contributed by atoms with Crippen molar-refractivity contribution in [2.45, 2.75) is 52.2 Å². The number of carboxylic acids is 1. The summed E-state index contributed by atoms with van der Waals surface area (Å²) in [5, 5.41) is 11.4. The molecular weight excluding hydrogens is 336 g/mol. The summed E-state index contributed by atoms with van der Waals surface area (Å²) < 4.78 is 5.15. The highest BCUT2D eigenvalue weighted by Gasteiger charge is 2.26. The number of nitrogens with one attached hydrogen (secondary N) is 1. The van der Waals surface area contributed by atoms with Gasteiger partial charge in [-0.15, -0.1) is 0 Å².